The van der Waals surface area contributed by atoms with Gasteiger partial charge in [-0.15, -0.1) is 0 Å². The number of hydrogen-bond acceptors (Lipinski definition) is 9. The van der Waals surface area contributed by atoms with Gasteiger partial charge in [-0.1, -0.05) is 19.9 Å². The molecule has 7 rings (SSSR count). The summed E-state index contributed by atoms with van der Waals surface area (Å²) in [6.45, 7) is 6.56. The topological polar surface area (TPSA) is 151 Å². The van der Waals surface area contributed by atoms with Crippen LogP contribution in [0.1, 0.15) is 110 Å². The Hall–Kier alpha value is -6.04. The second kappa shape index (κ2) is 16.1. The van der Waals surface area contributed by atoms with Crippen LogP contribution in [0.3, 0.4) is 0 Å². The SMILES string of the molecule is COCC(C)(C)c1cn2cc(NC(=O)c3cccc(C(F)F)n3)c(OC(C)Cc3cn(C(F)F)nc3C(=O)Nc3cn4cc(C5CC5)nc4cc3OC(C)C)cc2n1. The molecule has 1 fully saturated rings. The summed E-state index contributed by atoms with van der Waals surface area (Å²) in [5.41, 5.74) is 1.72. The van der Waals surface area contributed by atoms with E-state index in [1.807, 2.05) is 33.9 Å². The molecule has 1 aliphatic carbocycles. The van der Waals surface area contributed by atoms with E-state index in [4.69, 9.17) is 24.2 Å². The molecule has 0 bridgehead atoms. The van der Waals surface area contributed by atoms with E-state index in [2.05, 4.69) is 20.7 Å². The fraction of sp³-hybridized carbons (Fsp3) is 0.400. The first-order valence-electron chi connectivity index (χ1n) is 18.7. The molecule has 2 amide bonds. The van der Waals surface area contributed by atoms with E-state index in [1.54, 1.807) is 53.6 Å². The van der Waals surface area contributed by atoms with Crippen molar-refractivity contribution in [2.24, 2.45) is 0 Å². The highest BCUT2D eigenvalue weighted by molar-refractivity contribution is 6.05. The van der Waals surface area contributed by atoms with Crippen molar-refractivity contribution in [1.82, 2.24) is 33.5 Å². The minimum atomic E-state index is -3.04. The third-order valence-electron chi connectivity index (χ3n) is 9.47. The van der Waals surface area contributed by atoms with Crippen LogP contribution in [0.15, 0.2) is 61.3 Å². The molecule has 1 saturated carbocycles. The second-order valence-electron chi connectivity index (χ2n) is 15.2. The van der Waals surface area contributed by atoms with Crippen LogP contribution >= 0.6 is 0 Å². The molecule has 0 aliphatic heterocycles. The summed E-state index contributed by atoms with van der Waals surface area (Å²) in [6.07, 6.45) is 6.06. The number of halogens is 4. The lowest BCUT2D eigenvalue weighted by Gasteiger charge is -2.20. The number of carbonyl (C=O) groups excluding carboxylic acids is 2. The third kappa shape index (κ3) is 8.75. The van der Waals surface area contributed by atoms with Gasteiger partial charge in [-0.2, -0.15) is 13.9 Å². The minimum Gasteiger partial charge on any atom is -0.489 e. The number of fused-ring (bicyclic) bond motifs is 2. The van der Waals surface area contributed by atoms with Gasteiger partial charge >= 0.3 is 6.55 Å². The molecule has 6 aromatic rings. The Morgan fingerprint density at radius 3 is 2.16 bits per heavy atom. The van der Waals surface area contributed by atoms with Crippen molar-refractivity contribution in [1.29, 1.82) is 0 Å². The Bertz CT molecular complexity index is 2470. The summed E-state index contributed by atoms with van der Waals surface area (Å²) >= 11 is 0. The number of ether oxygens (including phenoxy) is 3. The average molecular weight is 806 g/mol. The van der Waals surface area contributed by atoms with Gasteiger partial charge in [-0.3, -0.25) is 9.59 Å². The molecule has 58 heavy (non-hydrogen) atoms. The molecule has 6 heterocycles. The normalized spacial score (nSPS) is 13.9. The number of rotatable bonds is 16. The van der Waals surface area contributed by atoms with Gasteiger partial charge in [0.2, 0.25) is 0 Å². The molecule has 0 aromatic carbocycles. The number of hydrogen-bond donors (Lipinski definition) is 2. The van der Waals surface area contributed by atoms with Gasteiger partial charge in [-0.25, -0.2) is 28.4 Å². The summed E-state index contributed by atoms with van der Waals surface area (Å²) < 4.78 is 76.5. The highest BCUT2D eigenvalue weighted by Gasteiger charge is 2.29. The second-order valence-corrected chi connectivity index (χ2v) is 15.2. The maximum Gasteiger partial charge on any atom is 0.333 e. The number of imidazole rings is 2. The molecule has 1 aliphatic rings. The Labute approximate surface area is 330 Å². The van der Waals surface area contributed by atoms with Crippen LogP contribution in [0.4, 0.5) is 28.9 Å². The summed E-state index contributed by atoms with van der Waals surface area (Å²) in [5.74, 6) is -0.672. The van der Waals surface area contributed by atoms with Gasteiger partial charge in [0, 0.05) is 73.5 Å². The van der Waals surface area contributed by atoms with Gasteiger partial charge in [0.1, 0.15) is 51.7 Å². The Kier molecular flexibility index (Phi) is 11.1. The first kappa shape index (κ1) is 40.2. The van der Waals surface area contributed by atoms with Crippen molar-refractivity contribution >= 4 is 34.5 Å². The predicted octanol–water partition coefficient (Wildman–Crippen LogP) is 8.01. The van der Waals surface area contributed by atoms with E-state index in [1.165, 1.54) is 12.1 Å². The molecule has 0 radical (unpaired) electrons. The number of pyridine rings is 3. The molecule has 18 heteroatoms. The van der Waals surface area contributed by atoms with Gasteiger partial charge in [-0.05, 0) is 45.7 Å². The van der Waals surface area contributed by atoms with Crippen LogP contribution in [0.25, 0.3) is 11.3 Å². The summed E-state index contributed by atoms with van der Waals surface area (Å²) in [4.78, 5) is 40.5. The lowest BCUT2D eigenvalue weighted by molar-refractivity contribution is 0.0560. The number of nitrogens with zero attached hydrogens (tertiary/aromatic N) is 7. The minimum absolute atomic E-state index is 0.0761. The molecule has 0 saturated heterocycles. The van der Waals surface area contributed by atoms with Gasteiger partial charge < -0.3 is 33.6 Å². The quantitative estimate of drug-likeness (QED) is 0.0928. The molecule has 6 aromatic heterocycles. The smallest absolute Gasteiger partial charge is 0.333 e. The number of methoxy groups -OCH3 is 1. The molecule has 14 nitrogen and oxygen atoms in total. The number of aromatic nitrogens is 7. The van der Waals surface area contributed by atoms with E-state index in [-0.39, 0.29) is 40.9 Å². The van der Waals surface area contributed by atoms with Crippen molar-refractivity contribution in [2.75, 3.05) is 24.4 Å². The van der Waals surface area contributed by atoms with Crippen molar-refractivity contribution in [3.63, 3.8) is 0 Å². The zero-order valence-electron chi connectivity index (χ0n) is 32.7. The van der Waals surface area contributed by atoms with Crippen LogP contribution in [-0.2, 0) is 16.6 Å². The zero-order chi connectivity index (χ0) is 41.5. The number of amides is 2. The van der Waals surface area contributed by atoms with E-state index in [0.29, 0.717) is 45.6 Å². The maximum atomic E-state index is 14.1. The first-order chi connectivity index (χ1) is 27.6. The average Bonchev–Trinajstić information content (AvgIpc) is 3.57. The highest BCUT2D eigenvalue weighted by Crippen LogP contribution is 2.40. The Morgan fingerprint density at radius 1 is 0.862 bits per heavy atom. The van der Waals surface area contributed by atoms with E-state index >= 15 is 0 Å². The van der Waals surface area contributed by atoms with Crippen LogP contribution in [0, 0.1) is 0 Å². The van der Waals surface area contributed by atoms with Gasteiger partial charge in [0.05, 0.1) is 24.1 Å². The van der Waals surface area contributed by atoms with E-state index in [9.17, 15) is 27.2 Å². The summed E-state index contributed by atoms with van der Waals surface area (Å²) in [6, 6.07) is 7.02. The first-order valence-corrected chi connectivity index (χ1v) is 18.7. The molecular formula is C40H43F4N9O5. The molecular weight excluding hydrogens is 762 g/mol. The predicted molar refractivity (Wildman–Crippen MR) is 205 cm³/mol. The number of nitrogens with one attached hydrogen (secondary N) is 2. The highest BCUT2D eigenvalue weighted by atomic mass is 19.3. The van der Waals surface area contributed by atoms with Crippen LogP contribution in [0.2, 0.25) is 0 Å². The Morgan fingerprint density at radius 2 is 1.52 bits per heavy atom. The fourth-order valence-corrected chi connectivity index (χ4v) is 6.53. The van der Waals surface area contributed by atoms with Crippen LogP contribution in [0.5, 0.6) is 11.5 Å². The van der Waals surface area contributed by atoms with Crippen molar-refractivity contribution in [2.45, 2.75) is 90.4 Å². The molecule has 2 N–H and O–H groups in total. The van der Waals surface area contributed by atoms with Gasteiger partial charge in [0.15, 0.2) is 5.69 Å². The third-order valence-corrected chi connectivity index (χ3v) is 9.47. The largest absolute Gasteiger partial charge is 0.489 e. The van der Waals surface area contributed by atoms with Crippen LogP contribution < -0.4 is 20.1 Å². The lowest BCUT2D eigenvalue weighted by Crippen LogP contribution is -2.23. The fourth-order valence-electron chi connectivity index (χ4n) is 6.53. The zero-order valence-corrected chi connectivity index (χ0v) is 32.7. The lowest BCUT2D eigenvalue weighted by atomic mass is 9.91. The summed E-state index contributed by atoms with van der Waals surface area (Å²) in [5, 5.41) is 9.45. The molecule has 0 spiro atoms. The van der Waals surface area contributed by atoms with E-state index in [0.717, 1.165) is 30.8 Å². The van der Waals surface area contributed by atoms with Crippen LogP contribution in [-0.4, -0.2) is 71.3 Å². The molecule has 1 atom stereocenters. The molecule has 1 unspecified atom stereocenters. The number of anilines is 2. The number of alkyl halides is 4. The van der Waals surface area contributed by atoms with Crippen molar-refractivity contribution in [3.05, 3.63) is 95.3 Å². The van der Waals surface area contributed by atoms with Crippen molar-refractivity contribution in [3.8, 4) is 11.5 Å². The monoisotopic (exact) mass is 805 g/mol. The summed E-state index contributed by atoms with van der Waals surface area (Å²) in [7, 11) is 1.58. The van der Waals surface area contributed by atoms with Gasteiger partial charge in [0.25, 0.3) is 18.2 Å². The Balaban J connectivity index is 1.18. The molecule has 306 valence electrons. The van der Waals surface area contributed by atoms with E-state index < -0.39 is 42.0 Å². The maximum absolute atomic E-state index is 14.1. The van der Waals surface area contributed by atoms with Crippen molar-refractivity contribution < 1.29 is 41.4 Å². The standard InChI is InChI=1S/C40H43F4N9O5/c1-21(2)57-30-13-33-46-27(23-10-11-23)16-51(33)17-28(30)48-38(55)35-24(15-53(50-35)39(43)44)12-22(3)58-31-14-34-49-32(40(4,5)20-56-6)19-52(34)18-29(31)47-37(54)26-9-7-8-25(45-26)36(41)42/h7-9,13-19,21-23,36,39H,10-12,20H2,1-6H3,(H,47,54)(H,48,55). The number of carbonyl (C=O) groups is 2.